The van der Waals surface area contributed by atoms with Crippen molar-refractivity contribution in [3.63, 3.8) is 0 Å². The second kappa shape index (κ2) is 6.12. The van der Waals surface area contributed by atoms with Crippen LogP contribution in [0.5, 0.6) is 5.75 Å². The first-order valence-corrected chi connectivity index (χ1v) is 7.46. The Bertz CT molecular complexity index is 868. The Morgan fingerprint density at radius 2 is 2.00 bits per heavy atom. The summed E-state index contributed by atoms with van der Waals surface area (Å²) in [7, 11) is 1.97. The molecule has 0 saturated heterocycles. The second-order valence-corrected chi connectivity index (χ2v) is 5.52. The summed E-state index contributed by atoms with van der Waals surface area (Å²) < 4.78 is 7.57. The minimum atomic E-state index is -0.194. The summed E-state index contributed by atoms with van der Waals surface area (Å²) in [6.45, 7) is 3.88. The molecule has 1 aromatic heterocycles. The molecule has 2 aromatic carbocycles. The van der Waals surface area contributed by atoms with Gasteiger partial charge < -0.3 is 14.6 Å². The van der Waals surface area contributed by atoms with E-state index in [-0.39, 0.29) is 12.5 Å². The van der Waals surface area contributed by atoms with Crippen LogP contribution in [-0.2, 0) is 11.8 Å². The van der Waals surface area contributed by atoms with Gasteiger partial charge in [0.15, 0.2) is 6.61 Å². The fraction of sp³-hybridized carbons (Fsp3) is 0.222. The number of imidazole rings is 1. The number of benzene rings is 2. The van der Waals surface area contributed by atoms with Gasteiger partial charge in [-0.2, -0.15) is 0 Å². The lowest BCUT2D eigenvalue weighted by Crippen LogP contribution is -2.20. The van der Waals surface area contributed by atoms with Crippen LogP contribution in [0.4, 0.5) is 5.69 Å². The molecule has 23 heavy (non-hydrogen) atoms. The van der Waals surface area contributed by atoms with E-state index in [2.05, 4.69) is 10.3 Å². The maximum Gasteiger partial charge on any atom is 0.262 e. The van der Waals surface area contributed by atoms with Crippen molar-refractivity contribution in [1.29, 1.82) is 0 Å². The molecule has 1 heterocycles. The average molecular weight is 309 g/mol. The highest BCUT2D eigenvalue weighted by atomic mass is 16.5. The third-order valence-electron chi connectivity index (χ3n) is 3.84. The van der Waals surface area contributed by atoms with Gasteiger partial charge in [0.05, 0.1) is 11.0 Å². The number of amides is 1. The zero-order valence-corrected chi connectivity index (χ0v) is 13.5. The van der Waals surface area contributed by atoms with Crippen LogP contribution in [0.3, 0.4) is 0 Å². The number of carbonyl (C=O) groups excluding carboxylic acids is 1. The van der Waals surface area contributed by atoms with Crippen LogP contribution in [-0.4, -0.2) is 22.1 Å². The van der Waals surface area contributed by atoms with Gasteiger partial charge in [-0.1, -0.05) is 18.2 Å². The Labute approximate surface area is 134 Å². The van der Waals surface area contributed by atoms with E-state index >= 15 is 0 Å². The SMILES string of the molecule is Cc1ccccc1OCC(=O)Nc1ccc2c(c1)nc(C)n2C. The van der Waals surface area contributed by atoms with Crippen LogP contribution in [0.2, 0.25) is 0 Å². The Morgan fingerprint density at radius 3 is 2.78 bits per heavy atom. The zero-order valence-electron chi connectivity index (χ0n) is 13.5. The fourth-order valence-electron chi connectivity index (χ4n) is 2.46. The number of fused-ring (bicyclic) bond motifs is 1. The fourth-order valence-corrected chi connectivity index (χ4v) is 2.46. The number of nitrogens with one attached hydrogen (secondary N) is 1. The minimum absolute atomic E-state index is 0.0237. The van der Waals surface area contributed by atoms with Crippen molar-refractivity contribution in [1.82, 2.24) is 9.55 Å². The quantitative estimate of drug-likeness (QED) is 0.805. The number of carbonyl (C=O) groups is 1. The minimum Gasteiger partial charge on any atom is -0.483 e. The first kappa shape index (κ1) is 15.1. The Balaban J connectivity index is 1.67. The van der Waals surface area contributed by atoms with Crippen molar-refractivity contribution >= 4 is 22.6 Å². The van der Waals surface area contributed by atoms with Crippen molar-refractivity contribution in [3.8, 4) is 5.75 Å². The smallest absolute Gasteiger partial charge is 0.262 e. The van der Waals surface area contributed by atoms with E-state index in [0.717, 1.165) is 28.2 Å². The summed E-state index contributed by atoms with van der Waals surface area (Å²) in [5, 5.41) is 2.84. The van der Waals surface area contributed by atoms with Crippen LogP contribution < -0.4 is 10.1 Å². The number of para-hydroxylation sites is 1. The van der Waals surface area contributed by atoms with E-state index in [4.69, 9.17) is 4.74 Å². The lowest BCUT2D eigenvalue weighted by atomic mass is 10.2. The molecule has 5 heteroatoms. The number of ether oxygens (including phenoxy) is 1. The summed E-state index contributed by atoms with van der Waals surface area (Å²) in [4.78, 5) is 16.5. The summed E-state index contributed by atoms with van der Waals surface area (Å²) in [5.74, 6) is 1.46. The number of nitrogens with zero attached hydrogens (tertiary/aromatic N) is 2. The molecule has 0 aliphatic carbocycles. The van der Waals surface area contributed by atoms with Gasteiger partial charge >= 0.3 is 0 Å². The standard InChI is InChI=1S/C18H19N3O2/c1-12-6-4-5-7-17(12)23-11-18(22)20-14-8-9-16-15(10-14)19-13(2)21(16)3/h4-10H,11H2,1-3H3,(H,20,22). The van der Waals surface area contributed by atoms with E-state index in [0.29, 0.717) is 5.69 Å². The number of hydrogen-bond acceptors (Lipinski definition) is 3. The molecule has 0 spiro atoms. The lowest BCUT2D eigenvalue weighted by molar-refractivity contribution is -0.118. The van der Waals surface area contributed by atoms with Gasteiger partial charge in [-0.25, -0.2) is 4.98 Å². The third-order valence-corrected chi connectivity index (χ3v) is 3.84. The highest BCUT2D eigenvalue weighted by Gasteiger charge is 2.08. The van der Waals surface area contributed by atoms with Crippen molar-refractivity contribution in [2.45, 2.75) is 13.8 Å². The van der Waals surface area contributed by atoms with E-state index in [1.807, 2.05) is 67.9 Å². The number of aromatic nitrogens is 2. The van der Waals surface area contributed by atoms with Crippen molar-refractivity contribution < 1.29 is 9.53 Å². The Morgan fingerprint density at radius 1 is 1.22 bits per heavy atom. The molecule has 0 fully saturated rings. The molecule has 0 saturated carbocycles. The lowest BCUT2D eigenvalue weighted by Gasteiger charge is -2.09. The van der Waals surface area contributed by atoms with Gasteiger partial charge in [-0.05, 0) is 43.7 Å². The third kappa shape index (κ3) is 3.18. The topological polar surface area (TPSA) is 56.1 Å². The maximum absolute atomic E-state index is 12.0. The number of hydrogen-bond donors (Lipinski definition) is 1. The van der Waals surface area contributed by atoms with E-state index < -0.39 is 0 Å². The molecule has 0 aliphatic heterocycles. The Kier molecular flexibility index (Phi) is 4.02. The van der Waals surface area contributed by atoms with Crippen LogP contribution >= 0.6 is 0 Å². The number of rotatable bonds is 4. The van der Waals surface area contributed by atoms with Gasteiger partial charge in [0, 0.05) is 12.7 Å². The highest BCUT2D eigenvalue weighted by Crippen LogP contribution is 2.20. The van der Waals surface area contributed by atoms with Crippen molar-refractivity contribution in [3.05, 3.63) is 53.9 Å². The molecule has 5 nitrogen and oxygen atoms in total. The molecule has 0 unspecified atom stereocenters. The molecule has 3 aromatic rings. The van der Waals surface area contributed by atoms with Gasteiger partial charge in [0.2, 0.25) is 0 Å². The average Bonchev–Trinajstić information content (AvgIpc) is 2.81. The van der Waals surface area contributed by atoms with Gasteiger partial charge in [-0.3, -0.25) is 4.79 Å². The Hall–Kier alpha value is -2.82. The number of aryl methyl sites for hydroxylation is 3. The largest absolute Gasteiger partial charge is 0.483 e. The van der Waals surface area contributed by atoms with Crippen LogP contribution in [0, 0.1) is 13.8 Å². The molecule has 0 atom stereocenters. The van der Waals surface area contributed by atoms with Crippen molar-refractivity contribution in [2.24, 2.45) is 7.05 Å². The van der Waals surface area contributed by atoms with Gasteiger partial charge in [0.25, 0.3) is 5.91 Å². The van der Waals surface area contributed by atoms with Gasteiger partial charge in [0.1, 0.15) is 11.6 Å². The second-order valence-electron chi connectivity index (χ2n) is 5.52. The first-order valence-electron chi connectivity index (χ1n) is 7.46. The van der Waals surface area contributed by atoms with Gasteiger partial charge in [-0.15, -0.1) is 0 Å². The van der Waals surface area contributed by atoms with E-state index in [1.54, 1.807) is 0 Å². The normalized spacial score (nSPS) is 10.7. The molecular formula is C18H19N3O2. The van der Waals surface area contributed by atoms with Crippen LogP contribution in [0.1, 0.15) is 11.4 Å². The number of anilines is 1. The molecule has 0 aliphatic rings. The first-order chi connectivity index (χ1) is 11.0. The predicted octanol–water partition coefficient (Wildman–Crippen LogP) is 3.21. The monoisotopic (exact) mass is 309 g/mol. The molecule has 0 radical (unpaired) electrons. The summed E-state index contributed by atoms with van der Waals surface area (Å²) in [6, 6.07) is 13.3. The summed E-state index contributed by atoms with van der Waals surface area (Å²) in [5.41, 5.74) is 3.62. The molecular weight excluding hydrogens is 290 g/mol. The van der Waals surface area contributed by atoms with E-state index in [1.165, 1.54) is 0 Å². The highest BCUT2D eigenvalue weighted by molar-refractivity contribution is 5.94. The molecule has 1 N–H and O–H groups in total. The molecule has 3 rings (SSSR count). The van der Waals surface area contributed by atoms with E-state index in [9.17, 15) is 4.79 Å². The zero-order chi connectivity index (χ0) is 16.4. The summed E-state index contributed by atoms with van der Waals surface area (Å²) >= 11 is 0. The molecule has 118 valence electrons. The van der Waals surface area contributed by atoms with Crippen molar-refractivity contribution in [2.75, 3.05) is 11.9 Å². The predicted molar refractivity (Wildman–Crippen MR) is 90.8 cm³/mol. The van der Waals surface area contributed by atoms with Crippen LogP contribution in [0.15, 0.2) is 42.5 Å². The molecule has 1 amide bonds. The van der Waals surface area contributed by atoms with Crippen LogP contribution in [0.25, 0.3) is 11.0 Å². The maximum atomic E-state index is 12.0. The summed E-state index contributed by atoms with van der Waals surface area (Å²) in [6.07, 6.45) is 0. The molecule has 0 bridgehead atoms.